The molecule has 0 saturated heterocycles. The second-order valence-electron chi connectivity index (χ2n) is 14.7. The fraction of sp³-hybridized carbons (Fsp3) is 0.550. The standard InChI is InChI=1S/C40H57O4P/c1-26(2)41-32-20-16-21-33(42-27(3)4)36(32)30-18-15-19-31(38(30)45-40(39(9,10)11)24-13-12-14-25-40)37-34(43-28(5)6)22-17-23-35(37)44-29(7)8/h15-23,26-29,45H,12-14,24-25H2,1-11H3. The number of hydrogen-bond acceptors (Lipinski definition) is 4. The maximum Gasteiger partial charge on any atom is 0.131 e. The van der Waals surface area contributed by atoms with E-state index >= 15 is 0 Å². The summed E-state index contributed by atoms with van der Waals surface area (Å²) in [5, 5.41) is 1.49. The van der Waals surface area contributed by atoms with E-state index in [1.807, 2.05) is 12.1 Å². The Bertz CT molecular complexity index is 1270. The van der Waals surface area contributed by atoms with Crippen molar-refractivity contribution in [2.45, 2.75) is 138 Å². The third-order valence-corrected chi connectivity index (χ3v) is 11.1. The average Bonchev–Trinajstić information content (AvgIpc) is 2.93. The Hall–Kier alpha value is -2.71. The van der Waals surface area contributed by atoms with Gasteiger partial charge in [-0.25, -0.2) is 0 Å². The minimum absolute atomic E-state index is 0.0256. The van der Waals surface area contributed by atoms with E-state index in [0.29, 0.717) is 8.58 Å². The van der Waals surface area contributed by atoms with Crippen LogP contribution in [0.4, 0.5) is 0 Å². The smallest absolute Gasteiger partial charge is 0.131 e. The van der Waals surface area contributed by atoms with E-state index in [2.05, 4.69) is 119 Å². The summed E-state index contributed by atoms with van der Waals surface area (Å²) >= 11 is 0. The zero-order valence-corrected chi connectivity index (χ0v) is 30.7. The predicted molar refractivity (Wildman–Crippen MR) is 194 cm³/mol. The first-order chi connectivity index (χ1) is 21.2. The van der Waals surface area contributed by atoms with Gasteiger partial charge in [-0.3, -0.25) is 0 Å². The maximum absolute atomic E-state index is 6.53. The van der Waals surface area contributed by atoms with Gasteiger partial charge in [-0.1, -0.05) is 78.9 Å². The minimum Gasteiger partial charge on any atom is -0.490 e. The fourth-order valence-electron chi connectivity index (χ4n) is 6.52. The van der Waals surface area contributed by atoms with Crippen LogP contribution in [0.1, 0.15) is 108 Å². The van der Waals surface area contributed by atoms with Gasteiger partial charge in [0.05, 0.1) is 35.5 Å². The van der Waals surface area contributed by atoms with Crippen LogP contribution in [0, 0.1) is 5.41 Å². The van der Waals surface area contributed by atoms with Gasteiger partial charge in [0.25, 0.3) is 0 Å². The van der Waals surface area contributed by atoms with E-state index < -0.39 is 0 Å². The lowest BCUT2D eigenvalue weighted by atomic mass is 9.71. The third kappa shape index (κ3) is 8.37. The molecule has 3 aromatic rings. The zero-order chi connectivity index (χ0) is 32.9. The molecule has 1 aliphatic carbocycles. The van der Waals surface area contributed by atoms with E-state index in [9.17, 15) is 0 Å². The van der Waals surface area contributed by atoms with Crippen molar-refractivity contribution in [3.05, 3.63) is 54.6 Å². The summed E-state index contributed by atoms with van der Waals surface area (Å²) in [4.78, 5) is 0. The molecule has 0 radical (unpaired) electrons. The van der Waals surface area contributed by atoms with Crippen molar-refractivity contribution in [3.8, 4) is 45.3 Å². The molecule has 0 aliphatic heterocycles. The normalized spacial score (nSPS) is 15.4. The topological polar surface area (TPSA) is 36.9 Å². The van der Waals surface area contributed by atoms with E-state index in [1.54, 1.807) is 0 Å². The summed E-state index contributed by atoms with van der Waals surface area (Å²) in [6.07, 6.45) is 6.40. The van der Waals surface area contributed by atoms with Gasteiger partial charge in [0.15, 0.2) is 0 Å². The Labute approximate surface area is 275 Å². The largest absolute Gasteiger partial charge is 0.490 e. The predicted octanol–water partition coefficient (Wildman–Crippen LogP) is 11.2. The number of rotatable bonds is 12. The van der Waals surface area contributed by atoms with Crippen LogP contribution in [0.15, 0.2) is 54.6 Å². The Morgan fingerprint density at radius 2 is 0.867 bits per heavy atom. The lowest BCUT2D eigenvalue weighted by Crippen LogP contribution is -2.42. The highest BCUT2D eigenvalue weighted by Gasteiger charge is 2.44. The first-order valence-corrected chi connectivity index (χ1v) is 18.1. The van der Waals surface area contributed by atoms with Crippen LogP contribution in [0.25, 0.3) is 22.3 Å². The molecule has 1 saturated carbocycles. The molecule has 246 valence electrons. The van der Waals surface area contributed by atoms with E-state index in [4.69, 9.17) is 18.9 Å². The molecule has 0 spiro atoms. The molecule has 0 amide bonds. The van der Waals surface area contributed by atoms with Crippen molar-refractivity contribution in [1.82, 2.24) is 0 Å². The summed E-state index contributed by atoms with van der Waals surface area (Å²) < 4.78 is 26.1. The molecule has 1 unspecified atom stereocenters. The van der Waals surface area contributed by atoms with Crippen LogP contribution in [0.5, 0.6) is 23.0 Å². The number of benzene rings is 3. The first-order valence-electron chi connectivity index (χ1n) is 17.1. The fourth-order valence-corrected chi connectivity index (χ4v) is 8.67. The molecule has 0 heterocycles. The van der Waals surface area contributed by atoms with Crippen LogP contribution in [0.2, 0.25) is 0 Å². The highest BCUT2D eigenvalue weighted by Crippen LogP contribution is 2.57. The van der Waals surface area contributed by atoms with Crippen molar-refractivity contribution in [2.75, 3.05) is 0 Å². The molecular weight excluding hydrogens is 575 g/mol. The van der Waals surface area contributed by atoms with E-state index in [1.165, 1.54) is 48.5 Å². The van der Waals surface area contributed by atoms with Gasteiger partial charge in [-0.2, -0.15) is 0 Å². The zero-order valence-electron chi connectivity index (χ0n) is 29.7. The highest BCUT2D eigenvalue weighted by molar-refractivity contribution is 7.50. The summed E-state index contributed by atoms with van der Waals surface area (Å²) in [5.41, 5.74) is 4.52. The second-order valence-corrected chi connectivity index (χ2v) is 16.4. The molecular formula is C40H57O4P. The van der Waals surface area contributed by atoms with Crippen molar-refractivity contribution in [3.63, 3.8) is 0 Å². The van der Waals surface area contributed by atoms with Crippen LogP contribution >= 0.6 is 8.58 Å². The Balaban J connectivity index is 2.13. The average molecular weight is 633 g/mol. The van der Waals surface area contributed by atoms with Gasteiger partial charge in [0, 0.05) is 0 Å². The Kier molecular flexibility index (Phi) is 11.6. The van der Waals surface area contributed by atoms with Gasteiger partial charge >= 0.3 is 0 Å². The van der Waals surface area contributed by atoms with Crippen LogP contribution in [-0.4, -0.2) is 29.6 Å². The lowest BCUT2D eigenvalue weighted by molar-refractivity contribution is 0.215. The van der Waals surface area contributed by atoms with Gasteiger partial charge in [0.1, 0.15) is 23.0 Å². The van der Waals surface area contributed by atoms with E-state index in [0.717, 1.165) is 34.1 Å². The summed E-state index contributed by atoms with van der Waals surface area (Å²) in [6.45, 7) is 24.0. The molecule has 1 atom stereocenters. The molecule has 3 aromatic carbocycles. The highest BCUT2D eigenvalue weighted by atomic mass is 31.1. The molecule has 0 aromatic heterocycles. The quantitative estimate of drug-likeness (QED) is 0.186. The maximum atomic E-state index is 6.53. The van der Waals surface area contributed by atoms with Gasteiger partial charge in [-0.05, 0) is 119 Å². The van der Waals surface area contributed by atoms with Crippen molar-refractivity contribution in [2.24, 2.45) is 5.41 Å². The SMILES string of the molecule is CC(C)Oc1cccc(OC(C)C)c1-c1cccc(-c2c(OC(C)C)cccc2OC(C)C)c1PC1(C(C)(C)C)CCCCC1. The minimum atomic E-state index is 0.0256. The molecule has 1 aliphatic rings. The summed E-state index contributed by atoms with van der Waals surface area (Å²) in [7, 11) is 0.571. The van der Waals surface area contributed by atoms with Crippen LogP contribution in [0.3, 0.4) is 0 Å². The van der Waals surface area contributed by atoms with Crippen LogP contribution < -0.4 is 24.3 Å². The summed E-state index contributed by atoms with van der Waals surface area (Å²) in [5.74, 6) is 3.41. The third-order valence-electron chi connectivity index (χ3n) is 8.54. The van der Waals surface area contributed by atoms with Crippen molar-refractivity contribution >= 4 is 13.9 Å². The van der Waals surface area contributed by atoms with E-state index in [-0.39, 0.29) is 35.0 Å². The molecule has 45 heavy (non-hydrogen) atoms. The van der Waals surface area contributed by atoms with Gasteiger partial charge in [0.2, 0.25) is 0 Å². The van der Waals surface area contributed by atoms with Crippen LogP contribution in [-0.2, 0) is 0 Å². The number of ether oxygens (including phenoxy) is 4. The van der Waals surface area contributed by atoms with Gasteiger partial charge in [-0.15, -0.1) is 0 Å². The Morgan fingerprint density at radius 3 is 1.18 bits per heavy atom. The second kappa shape index (κ2) is 14.8. The first kappa shape index (κ1) is 35.1. The molecule has 1 fully saturated rings. The van der Waals surface area contributed by atoms with Gasteiger partial charge < -0.3 is 18.9 Å². The lowest BCUT2D eigenvalue weighted by Gasteiger charge is -2.48. The molecule has 4 rings (SSSR count). The monoisotopic (exact) mass is 632 g/mol. The van der Waals surface area contributed by atoms with Crippen molar-refractivity contribution in [1.29, 1.82) is 0 Å². The molecule has 4 nitrogen and oxygen atoms in total. The molecule has 0 N–H and O–H groups in total. The van der Waals surface area contributed by atoms with Crippen molar-refractivity contribution < 1.29 is 18.9 Å². The number of hydrogen-bond donors (Lipinski definition) is 0. The Morgan fingerprint density at radius 1 is 0.533 bits per heavy atom. The molecule has 0 bridgehead atoms. The summed E-state index contributed by atoms with van der Waals surface area (Å²) in [6, 6.07) is 19.2. The molecule has 5 heteroatoms.